The maximum absolute atomic E-state index is 11.9. The smallest absolute Gasteiger partial charge is 0.314 e. The zero-order chi connectivity index (χ0) is 14.2. The fourth-order valence-corrected chi connectivity index (χ4v) is 3.75. The van der Waals surface area contributed by atoms with Gasteiger partial charge in [-0.25, -0.2) is 0 Å². The molecule has 0 saturated carbocycles. The Morgan fingerprint density at radius 2 is 2.05 bits per heavy atom. The number of nitrogens with one attached hydrogen (secondary N) is 1. The van der Waals surface area contributed by atoms with Crippen molar-refractivity contribution in [3.8, 4) is 0 Å². The molecule has 0 amide bonds. The van der Waals surface area contributed by atoms with E-state index in [-0.39, 0.29) is 11.9 Å². The molecule has 1 aromatic carbocycles. The van der Waals surface area contributed by atoms with Gasteiger partial charge in [0.15, 0.2) is 0 Å². The zero-order valence-corrected chi connectivity index (χ0v) is 12.8. The minimum atomic E-state index is -0.209. The van der Waals surface area contributed by atoms with Crippen LogP contribution < -0.4 is 5.32 Å². The molecule has 1 unspecified atom stereocenters. The Hall–Kier alpha value is -1.00. The summed E-state index contributed by atoms with van der Waals surface area (Å²) in [6.45, 7) is 1.65. The Balaban J connectivity index is 1.86. The van der Waals surface area contributed by atoms with Crippen molar-refractivity contribution in [1.82, 2.24) is 5.32 Å². The van der Waals surface area contributed by atoms with E-state index < -0.39 is 0 Å². The largest absolute Gasteiger partial charge is 0.469 e. The molecule has 0 bridgehead atoms. The van der Waals surface area contributed by atoms with Gasteiger partial charge < -0.3 is 10.1 Å². The van der Waals surface area contributed by atoms with E-state index in [9.17, 15) is 4.79 Å². The second-order valence-corrected chi connectivity index (χ2v) is 6.43. The van der Waals surface area contributed by atoms with E-state index in [1.165, 1.54) is 31.5 Å². The molecule has 1 aromatic rings. The number of methoxy groups -OCH3 is 1. The van der Waals surface area contributed by atoms with Gasteiger partial charge in [0.25, 0.3) is 0 Å². The maximum atomic E-state index is 11.9. The van der Waals surface area contributed by atoms with Crippen molar-refractivity contribution >= 4 is 17.7 Å². The SMILES string of the molecule is COC(=O)C(CNCC1CCSCC1)c1ccccc1. The molecular formula is C16H23NO2S. The predicted octanol–water partition coefficient (Wildman–Crippen LogP) is 2.68. The Morgan fingerprint density at radius 3 is 2.70 bits per heavy atom. The number of rotatable bonds is 6. The first-order valence-electron chi connectivity index (χ1n) is 7.22. The van der Waals surface area contributed by atoms with Crippen molar-refractivity contribution in [2.75, 3.05) is 31.7 Å². The third-order valence-electron chi connectivity index (χ3n) is 3.81. The summed E-state index contributed by atoms with van der Waals surface area (Å²) in [6, 6.07) is 9.86. The summed E-state index contributed by atoms with van der Waals surface area (Å²) < 4.78 is 4.93. The molecule has 1 fully saturated rings. The van der Waals surface area contributed by atoms with Crippen molar-refractivity contribution in [1.29, 1.82) is 0 Å². The summed E-state index contributed by atoms with van der Waals surface area (Å²) in [5.74, 6) is 2.92. The molecule has 1 aliphatic heterocycles. The fourth-order valence-electron chi connectivity index (χ4n) is 2.55. The molecule has 1 aliphatic rings. The standard InChI is InChI=1S/C16H23NO2S/c1-19-16(18)15(14-5-3-2-4-6-14)12-17-11-13-7-9-20-10-8-13/h2-6,13,15,17H,7-12H2,1H3. The normalized spacial score (nSPS) is 17.6. The summed E-state index contributed by atoms with van der Waals surface area (Å²) >= 11 is 2.04. The van der Waals surface area contributed by atoms with Gasteiger partial charge in [0.2, 0.25) is 0 Å². The van der Waals surface area contributed by atoms with Crippen molar-refractivity contribution in [2.45, 2.75) is 18.8 Å². The quantitative estimate of drug-likeness (QED) is 0.818. The number of thioether (sulfide) groups is 1. The number of ether oxygens (including phenoxy) is 1. The minimum absolute atomic E-state index is 0.164. The number of hydrogen-bond donors (Lipinski definition) is 1. The van der Waals surface area contributed by atoms with Gasteiger partial charge in [0.05, 0.1) is 13.0 Å². The van der Waals surface area contributed by atoms with Crippen LogP contribution in [0.2, 0.25) is 0 Å². The molecule has 0 spiro atoms. The van der Waals surface area contributed by atoms with E-state index >= 15 is 0 Å². The highest BCUT2D eigenvalue weighted by Crippen LogP contribution is 2.22. The average molecular weight is 293 g/mol. The summed E-state index contributed by atoms with van der Waals surface area (Å²) in [7, 11) is 1.45. The lowest BCUT2D eigenvalue weighted by Crippen LogP contribution is -2.32. The van der Waals surface area contributed by atoms with Gasteiger partial charge in [-0.15, -0.1) is 0 Å². The van der Waals surface area contributed by atoms with Crippen LogP contribution >= 0.6 is 11.8 Å². The topological polar surface area (TPSA) is 38.3 Å². The first kappa shape index (κ1) is 15.4. The van der Waals surface area contributed by atoms with Crippen LogP contribution in [-0.4, -0.2) is 37.7 Å². The van der Waals surface area contributed by atoms with E-state index in [0.29, 0.717) is 6.54 Å². The van der Waals surface area contributed by atoms with Gasteiger partial charge in [-0.2, -0.15) is 11.8 Å². The van der Waals surface area contributed by atoms with Crippen LogP contribution in [0.25, 0.3) is 0 Å². The first-order valence-corrected chi connectivity index (χ1v) is 8.38. The van der Waals surface area contributed by atoms with Gasteiger partial charge in [0, 0.05) is 6.54 Å². The van der Waals surface area contributed by atoms with Crippen molar-refractivity contribution < 1.29 is 9.53 Å². The highest BCUT2D eigenvalue weighted by Gasteiger charge is 2.21. The molecule has 4 heteroatoms. The second-order valence-electron chi connectivity index (χ2n) is 5.20. The van der Waals surface area contributed by atoms with Gasteiger partial charge in [-0.05, 0) is 42.4 Å². The first-order chi connectivity index (χ1) is 9.81. The number of carbonyl (C=O) groups excluding carboxylic acids is 1. The lowest BCUT2D eigenvalue weighted by Gasteiger charge is -2.23. The van der Waals surface area contributed by atoms with E-state index in [1.807, 2.05) is 42.1 Å². The molecule has 0 aromatic heterocycles. The number of carbonyl (C=O) groups is 1. The van der Waals surface area contributed by atoms with E-state index in [4.69, 9.17) is 4.74 Å². The molecule has 0 radical (unpaired) electrons. The second kappa shape index (κ2) is 8.32. The van der Waals surface area contributed by atoms with Crippen molar-refractivity contribution in [3.63, 3.8) is 0 Å². The van der Waals surface area contributed by atoms with E-state index in [0.717, 1.165) is 18.0 Å². The van der Waals surface area contributed by atoms with Crippen molar-refractivity contribution in [3.05, 3.63) is 35.9 Å². The fraction of sp³-hybridized carbons (Fsp3) is 0.562. The third kappa shape index (κ3) is 4.53. The molecular weight excluding hydrogens is 270 g/mol. The molecule has 110 valence electrons. The van der Waals surface area contributed by atoms with Gasteiger partial charge in [-0.3, -0.25) is 4.79 Å². The highest BCUT2D eigenvalue weighted by molar-refractivity contribution is 7.99. The third-order valence-corrected chi connectivity index (χ3v) is 4.86. The van der Waals surface area contributed by atoms with Gasteiger partial charge in [0.1, 0.15) is 0 Å². The zero-order valence-electron chi connectivity index (χ0n) is 12.0. The summed E-state index contributed by atoms with van der Waals surface area (Å²) in [5.41, 5.74) is 1.02. The summed E-state index contributed by atoms with van der Waals surface area (Å²) in [6.07, 6.45) is 2.57. The van der Waals surface area contributed by atoms with Crippen molar-refractivity contribution in [2.24, 2.45) is 5.92 Å². The summed E-state index contributed by atoms with van der Waals surface area (Å²) in [5, 5.41) is 3.46. The van der Waals surface area contributed by atoms with Crippen LogP contribution in [0.4, 0.5) is 0 Å². The molecule has 0 aliphatic carbocycles. The molecule has 1 N–H and O–H groups in total. The van der Waals surface area contributed by atoms with E-state index in [2.05, 4.69) is 5.32 Å². The predicted molar refractivity (Wildman–Crippen MR) is 84.1 cm³/mol. The Labute approximate surface area is 125 Å². The highest BCUT2D eigenvalue weighted by atomic mass is 32.2. The maximum Gasteiger partial charge on any atom is 0.314 e. The van der Waals surface area contributed by atoms with Crippen LogP contribution in [0.3, 0.4) is 0 Å². The monoisotopic (exact) mass is 293 g/mol. The molecule has 3 nitrogen and oxygen atoms in total. The van der Waals surface area contributed by atoms with Crippen LogP contribution in [0.1, 0.15) is 24.3 Å². The molecule has 20 heavy (non-hydrogen) atoms. The van der Waals surface area contributed by atoms with E-state index in [1.54, 1.807) is 0 Å². The number of benzene rings is 1. The Kier molecular flexibility index (Phi) is 6.40. The van der Waals surface area contributed by atoms with Crippen LogP contribution in [0, 0.1) is 5.92 Å². The minimum Gasteiger partial charge on any atom is -0.469 e. The molecule has 1 saturated heterocycles. The molecule has 1 atom stereocenters. The lowest BCUT2D eigenvalue weighted by molar-refractivity contribution is -0.142. The Morgan fingerprint density at radius 1 is 1.35 bits per heavy atom. The number of hydrogen-bond acceptors (Lipinski definition) is 4. The summed E-state index contributed by atoms with van der Waals surface area (Å²) in [4.78, 5) is 11.9. The van der Waals surface area contributed by atoms with Crippen LogP contribution in [0.5, 0.6) is 0 Å². The molecule has 2 rings (SSSR count). The van der Waals surface area contributed by atoms with Crippen LogP contribution in [-0.2, 0) is 9.53 Å². The Bertz CT molecular complexity index is 404. The van der Waals surface area contributed by atoms with Gasteiger partial charge in [-0.1, -0.05) is 30.3 Å². The van der Waals surface area contributed by atoms with Gasteiger partial charge >= 0.3 is 5.97 Å². The lowest BCUT2D eigenvalue weighted by atomic mass is 9.98. The average Bonchev–Trinajstić information content (AvgIpc) is 2.53. The number of esters is 1. The molecule has 1 heterocycles. The van der Waals surface area contributed by atoms with Crippen LogP contribution in [0.15, 0.2) is 30.3 Å².